The normalized spacial score (nSPS) is 10.8. The van der Waals surface area contributed by atoms with Crippen molar-refractivity contribution in [1.82, 2.24) is 0 Å². The quantitative estimate of drug-likeness (QED) is 0.578. The molecule has 0 saturated heterocycles. The van der Waals surface area contributed by atoms with Crippen LogP contribution in [0.25, 0.3) is 6.08 Å². The van der Waals surface area contributed by atoms with Gasteiger partial charge in [0.05, 0.1) is 0 Å². The number of rotatable bonds is 3. The number of nitrogens with two attached hydrogens (primary N) is 1. The van der Waals surface area contributed by atoms with Gasteiger partial charge in [-0.05, 0) is 24.1 Å². The fourth-order valence-electron chi connectivity index (χ4n) is 0.987. The number of hydrogen-bond acceptors (Lipinski definition) is 2. The van der Waals surface area contributed by atoms with Crippen molar-refractivity contribution in [1.29, 1.82) is 0 Å². The van der Waals surface area contributed by atoms with Crippen molar-refractivity contribution in [2.24, 2.45) is 0 Å². The second-order valence-electron chi connectivity index (χ2n) is 2.69. The van der Waals surface area contributed by atoms with Crippen LogP contribution >= 0.6 is 11.6 Å². The van der Waals surface area contributed by atoms with Gasteiger partial charge in [-0.1, -0.05) is 12.2 Å². The molecular weight excluding hydrogens is 186 g/mol. The van der Waals surface area contributed by atoms with Gasteiger partial charge in [0, 0.05) is 17.6 Å². The molecule has 0 aliphatic carbocycles. The number of halogens is 1. The average molecular weight is 198 g/mol. The fraction of sp³-hybridized carbons (Fsp3) is 0.200. The van der Waals surface area contributed by atoms with Crippen LogP contribution in [-0.4, -0.2) is 11.0 Å². The highest BCUT2D eigenvalue weighted by Crippen LogP contribution is 2.19. The number of anilines is 1. The Kier molecular flexibility index (Phi) is 3.65. The molecule has 0 aliphatic rings. The number of allylic oxidation sites excluding steroid dienone is 1. The summed E-state index contributed by atoms with van der Waals surface area (Å²) in [6, 6.07) is 4.91. The van der Waals surface area contributed by atoms with Crippen LogP contribution in [0.1, 0.15) is 12.0 Å². The van der Waals surface area contributed by atoms with Gasteiger partial charge in [0.15, 0.2) is 0 Å². The fourth-order valence-corrected chi connectivity index (χ4v) is 1.11. The third-order valence-electron chi connectivity index (χ3n) is 1.64. The van der Waals surface area contributed by atoms with Crippen molar-refractivity contribution in [2.45, 2.75) is 6.42 Å². The summed E-state index contributed by atoms with van der Waals surface area (Å²) < 4.78 is 0. The number of phenolic OH excluding ortho intramolecular Hbond substituents is 1. The van der Waals surface area contributed by atoms with Gasteiger partial charge in [-0.3, -0.25) is 0 Å². The number of phenols is 1. The first-order valence-corrected chi connectivity index (χ1v) is 4.58. The maximum Gasteiger partial charge on any atom is 0.117 e. The molecule has 0 spiro atoms. The van der Waals surface area contributed by atoms with Crippen LogP contribution in [0.4, 0.5) is 5.69 Å². The maximum absolute atomic E-state index is 9.08. The third-order valence-corrected chi connectivity index (χ3v) is 1.86. The van der Waals surface area contributed by atoms with Crippen molar-refractivity contribution in [3.63, 3.8) is 0 Å². The van der Waals surface area contributed by atoms with E-state index < -0.39 is 0 Å². The van der Waals surface area contributed by atoms with E-state index in [4.69, 9.17) is 22.4 Å². The first kappa shape index (κ1) is 9.93. The van der Waals surface area contributed by atoms with Crippen molar-refractivity contribution in [3.8, 4) is 5.75 Å². The summed E-state index contributed by atoms with van der Waals surface area (Å²) >= 11 is 5.51. The minimum absolute atomic E-state index is 0.187. The summed E-state index contributed by atoms with van der Waals surface area (Å²) in [5.41, 5.74) is 7.14. The molecule has 0 fully saturated rings. The topological polar surface area (TPSA) is 46.2 Å². The van der Waals surface area contributed by atoms with Crippen LogP contribution in [0.2, 0.25) is 0 Å². The van der Waals surface area contributed by atoms with E-state index in [-0.39, 0.29) is 5.75 Å². The minimum atomic E-state index is 0.187. The summed E-state index contributed by atoms with van der Waals surface area (Å²) in [6.45, 7) is 0. The van der Waals surface area contributed by atoms with Crippen LogP contribution < -0.4 is 5.73 Å². The van der Waals surface area contributed by atoms with Crippen LogP contribution in [0, 0.1) is 0 Å². The molecule has 1 aromatic carbocycles. The van der Waals surface area contributed by atoms with Gasteiger partial charge >= 0.3 is 0 Å². The number of hydrogen-bond donors (Lipinski definition) is 2. The number of benzene rings is 1. The standard InChI is InChI=1S/C10H12ClNO/c11-6-2-1-3-8-4-5-9(13)7-10(8)12/h1,3-5,7,13H,2,6,12H2. The molecule has 1 aromatic rings. The zero-order valence-corrected chi connectivity index (χ0v) is 7.96. The molecule has 2 nitrogen and oxygen atoms in total. The van der Waals surface area contributed by atoms with E-state index in [1.807, 2.05) is 12.2 Å². The highest BCUT2D eigenvalue weighted by Gasteiger charge is 1.95. The van der Waals surface area contributed by atoms with Crippen molar-refractivity contribution < 1.29 is 5.11 Å². The lowest BCUT2D eigenvalue weighted by Gasteiger charge is -2.00. The SMILES string of the molecule is Nc1cc(O)ccc1C=CCCCl. The average Bonchev–Trinajstić information content (AvgIpc) is 2.09. The molecule has 0 aromatic heterocycles. The van der Waals surface area contributed by atoms with E-state index in [0.717, 1.165) is 12.0 Å². The van der Waals surface area contributed by atoms with Crippen molar-refractivity contribution in [3.05, 3.63) is 29.8 Å². The minimum Gasteiger partial charge on any atom is -0.508 e. The Labute approximate surface area is 82.6 Å². The van der Waals surface area contributed by atoms with Crippen LogP contribution in [0.3, 0.4) is 0 Å². The van der Waals surface area contributed by atoms with Gasteiger partial charge in [-0.15, -0.1) is 11.6 Å². The van der Waals surface area contributed by atoms with Gasteiger partial charge < -0.3 is 10.8 Å². The maximum atomic E-state index is 9.08. The van der Waals surface area contributed by atoms with Gasteiger partial charge in [-0.2, -0.15) is 0 Å². The van der Waals surface area contributed by atoms with Crippen molar-refractivity contribution in [2.75, 3.05) is 11.6 Å². The van der Waals surface area contributed by atoms with Gasteiger partial charge in [0.2, 0.25) is 0 Å². The zero-order chi connectivity index (χ0) is 9.68. The van der Waals surface area contributed by atoms with Crippen molar-refractivity contribution >= 4 is 23.4 Å². The van der Waals surface area contributed by atoms with E-state index in [1.165, 1.54) is 6.07 Å². The number of alkyl halides is 1. The molecule has 0 bridgehead atoms. The van der Waals surface area contributed by atoms with E-state index in [9.17, 15) is 0 Å². The second-order valence-corrected chi connectivity index (χ2v) is 3.07. The lowest BCUT2D eigenvalue weighted by Crippen LogP contribution is -1.87. The Balaban J connectivity index is 2.77. The Morgan fingerprint density at radius 2 is 2.23 bits per heavy atom. The predicted octanol–water partition coefficient (Wildman–Crippen LogP) is 2.62. The Morgan fingerprint density at radius 1 is 1.46 bits per heavy atom. The number of aromatic hydroxyl groups is 1. The van der Waals surface area contributed by atoms with Crippen LogP contribution in [-0.2, 0) is 0 Å². The monoisotopic (exact) mass is 197 g/mol. The molecule has 0 atom stereocenters. The molecule has 0 saturated carbocycles. The lowest BCUT2D eigenvalue weighted by atomic mass is 10.1. The van der Waals surface area contributed by atoms with Crippen LogP contribution in [0.5, 0.6) is 5.75 Å². The summed E-state index contributed by atoms with van der Waals surface area (Å²) in [5, 5.41) is 9.08. The van der Waals surface area contributed by atoms with Crippen LogP contribution in [0.15, 0.2) is 24.3 Å². The molecule has 70 valence electrons. The highest BCUT2D eigenvalue weighted by atomic mass is 35.5. The molecular formula is C10H12ClNO. The molecule has 3 heteroatoms. The van der Waals surface area contributed by atoms with Gasteiger partial charge in [-0.25, -0.2) is 0 Å². The van der Waals surface area contributed by atoms with E-state index in [1.54, 1.807) is 12.1 Å². The van der Waals surface area contributed by atoms with E-state index >= 15 is 0 Å². The predicted molar refractivity (Wildman–Crippen MR) is 56.9 cm³/mol. The summed E-state index contributed by atoms with van der Waals surface area (Å²) in [5.74, 6) is 0.793. The molecule has 0 heterocycles. The van der Waals surface area contributed by atoms with E-state index in [0.29, 0.717) is 11.6 Å². The Hall–Kier alpha value is -1.15. The second kappa shape index (κ2) is 4.77. The molecule has 0 amide bonds. The first-order chi connectivity index (χ1) is 6.24. The summed E-state index contributed by atoms with van der Waals surface area (Å²) in [7, 11) is 0. The summed E-state index contributed by atoms with van der Waals surface area (Å²) in [4.78, 5) is 0. The molecule has 1 rings (SSSR count). The smallest absolute Gasteiger partial charge is 0.117 e. The van der Waals surface area contributed by atoms with E-state index in [2.05, 4.69) is 0 Å². The number of nitrogen functional groups attached to an aromatic ring is 1. The Morgan fingerprint density at radius 3 is 2.85 bits per heavy atom. The molecule has 3 N–H and O–H groups in total. The largest absolute Gasteiger partial charge is 0.508 e. The molecule has 13 heavy (non-hydrogen) atoms. The molecule has 0 aliphatic heterocycles. The zero-order valence-electron chi connectivity index (χ0n) is 7.20. The molecule has 0 radical (unpaired) electrons. The highest BCUT2D eigenvalue weighted by molar-refractivity contribution is 6.17. The molecule has 0 unspecified atom stereocenters. The first-order valence-electron chi connectivity index (χ1n) is 4.05. The summed E-state index contributed by atoms with van der Waals surface area (Å²) in [6.07, 6.45) is 4.68. The van der Waals surface area contributed by atoms with Gasteiger partial charge in [0.25, 0.3) is 0 Å². The van der Waals surface area contributed by atoms with Gasteiger partial charge in [0.1, 0.15) is 5.75 Å². The lowest BCUT2D eigenvalue weighted by molar-refractivity contribution is 0.475. The Bertz CT molecular complexity index is 310. The third kappa shape index (κ3) is 2.99.